The van der Waals surface area contributed by atoms with Crippen LogP contribution in [0.3, 0.4) is 0 Å². The van der Waals surface area contributed by atoms with Gasteiger partial charge in [-0.3, -0.25) is 19.1 Å². The fourth-order valence-corrected chi connectivity index (χ4v) is 6.13. The molecule has 2 aliphatic rings. The van der Waals surface area contributed by atoms with Gasteiger partial charge >= 0.3 is 0 Å². The van der Waals surface area contributed by atoms with Crippen LogP contribution in [-0.4, -0.2) is 68.7 Å². The smallest absolute Gasteiger partial charge is 0.262 e. The Labute approximate surface area is 187 Å². The lowest BCUT2D eigenvalue weighted by molar-refractivity contribution is -0.136. The molecule has 8 heteroatoms. The average molecular weight is 447 g/mol. The minimum Gasteiger partial charge on any atom is -0.388 e. The zero-order valence-electron chi connectivity index (χ0n) is 19.1. The van der Waals surface area contributed by atoms with E-state index in [4.69, 9.17) is 0 Å². The van der Waals surface area contributed by atoms with Crippen LogP contribution < -0.4 is 5.56 Å². The van der Waals surface area contributed by atoms with E-state index < -0.39 is 5.60 Å². The summed E-state index contributed by atoms with van der Waals surface area (Å²) < 4.78 is 1.55. The summed E-state index contributed by atoms with van der Waals surface area (Å²) in [7, 11) is 0. The van der Waals surface area contributed by atoms with Crippen LogP contribution in [0.1, 0.15) is 43.6 Å². The van der Waals surface area contributed by atoms with Crippen molar-refractivity contribution in [3.63, 3.8) is 0 Å². The van der Waals surface area contributed by atoms with Gasteiger partial charge in [-0.05, 0) is 50.5 Å². The van der Waals surface area contributed by atoms with Gasteiger partial charge in [0, 0.05) is 31.1 Å². The van der Waals surface area contributed by atoms with Crippen LogP contribution in [0.25, 0.3) is 10.2 Å². The Bertz CT molecular complexity index is 1010. The number of aromatic nitrogens is 2. The molecule has 2 aromatic heterocycles. The summed E-state index contributed by atoms with van der Waals surface area (Å²) in [6.45, 7) is 12.0. The first-order valence-corrected chi connectivity index (χ1v) is 12.1. The predicted octanol–water partition coefficient (Wildman–Crippen LogP) is 2.41. The van der Waals surface area contributed by atoms with Crippen molar-refractivity contribution in [2.45, 2.75) is 59.1 Å². The molecule has 0 bridgehead atoms. The number of hydrogen-bond acceptors (Lipinski definition) is 6. The number of rotatable bonds is 4. The van der Waals surface area contributed by atoms with Gasteiger partial charge in [-0.15, -0.1) is 11.3 Å². The molecule has 0 saturated carbocycles. The van der Waals surface area contributed by atoms with Crippen molar-refractivity contribution in [2.24, 2.45) is 11.8 Å². The first-order chi connectivity index (χ1) is 14.6. The van der Waals surface area contributed by atoms with E-state index in [2.05, 4.69) is 23.7 Å². The average Bonchev–Trinajstić information content (AvgIpc) is 3.00. The fourth-order valence-electron chi connectivity index (χ4n) is 5.14. The Balaban J connectivity index is 1.37. The fraction of sp³-hybridized carbons (Fsp3) is 0.696. The van der Waals surface area contributed by atoms with Crippen LogP contribution >= 0.6 is 11.3 Å². The van der Waals surface area contributed by atoms with Crippen LogP contribution in [0.15, 0.2) is 11.1 Å². The molecule has 0 aromatic carbocycles. The van der Waals surface area contributed by atoms with Crippen molar-refractivity contribution in [1.29, 1.82) is 0 Å². The van der Waals surface area contributed by atoms with E-state index in [1.54, 1.807) is 10.9 Å². The van der Waals surface area contributed by atoms with Crippen molar-refractivity contribution >= 4 is 27.5 Å². The molecule has 4 heterocycles. The van der Waals surface area contributed by atoms with E-state index in [-0.39, 0.29) is 18.0 Å². The number of aliphatic hydroxyl groups is 1. The molecule has 2 aromatic rings. The standard InChI is InChI=1S/C23H34N4O3S/c1-15-9-16(2)11-26(10-15)19(28)12-25-7-5-23(30,6-8-25)13-27-14-24-21-20(22(27)29)17(3)18(4)31-21/h14-16,30H,5-13H2,1-4H3/t15-,16+. The molecule has 1 N–H and O–H groups in total. The summed E-state index contributed by atoms with van der Waals surface area (Å²) in [5.74, 6) is 1.30. The number of fused-ring (bicyclic) bond motifs is 1. The quantitative estimate of drug-likeness (QED) is 0.780. The van der Waals surface area contributed by atoms with Gasteiger partial charge in [0.15, 0.2) is 0 Å². The largest absolute Gasteiger partial charge is 0.388 e. The lowest BCUT2D eigenvalue weighted by Crippen LogP contribution is -2.52. The monoisotopic (exact) mass is 446 g/mol. The maximum absolute atomic E-state index is 13.0. The van der Waals surface area contributed by atoms with Gasteiger partial charge in [-0.2, -0.15) is 0 Å². The SMILES string of the molecule is Cc1sc2ncn(CC3(O)CCN(CC(=O)N4C[C@H](C)C[C@H](C)C4)CC3)c(=O)c2c1C. The zero-order valence-corrected chi connectivity index (χ0v) is 19.9. The van der Waals surface area contributed by atoms with E-state index in [0.717, 1.165) is 28.4 Å². The number of aryl methyl sites for hydroxylation is 2. The molecular formula is C23H34N4O3S. The number of carbonyl (C=O) groups excluding carboxylic acids is 1. The maximum atomic E-state index is 13.0. The van der Waals surface area contributed by atoms with Crippen LogP contribution in [0.2, 0.25) is 0 Å². The lowest BCUT2D eigenvalue weighted by atomic mass is 9.90. The van der Waals surface area contributed by atoms with Gasteiger partial charge in [-0.25, -0.2) is 4.98 Å². The lowest BCUT2D eigenvalue weighted by Gasteiger charge is -2.40. The summed E-state index contributed by atoms with van der Waals surface area (Å²) >= 11 is 1.54. The summed E-state index contributed by atoms with van der Waals surface area (Å²) in [6.07, 6.45) is 3.83. The summed E-state index contributed by atoms with van der Waals surface area (Å²) in [6, 6.07) is 0. The van der Waals surface area contributed by atoms with Gasteiger partial charge in [0.2, 0.25) is 5.91 Å². The van der Waals surface area contributed by atoms with Gasteiger partial charge in [0.25, 0.3) is 5.56 Å². The third-order valence-electron chi connectivity index (χ3n) is 6.99. The number of piperidine rings is 2. The second-order valence-corrected chi connectivity index (χ2v) is 11.1. The molecule has 0 aliphatic carbocycles. The van der Waals surface area contributed by atoms with E-state index in [1.165, 1.54) is 17.8 Å². The zero-order chi connectivity index (χ0) is 22.3. The second kappa shape index (κ2) is 8.64. The van der Waals surface area contributed by atoms with Crippen molar-refractivity contribution < 1.29 is 9.90 Å². The molecule has 7 nitrogen and oxygen atoms in total. The molecule has 0 radical (unpaired) electrons. The first-order valence-electron chi connectivity index (χ1n) is 11.3. The Kier molecular flexibility index (Phi) is 6.25. The van der Waals surface area contributed by atoms with E-state index in [9.17, 15) is 14.7 Å². The Morgan fingerprint density at radius 3 is 2.52 bits per heavy atom. The summed E-state index contributed by atoms with van der Waals surface area (Å²) in [4.78, 5) is 36.2. The second-order valence-electron chi connectivity index (χ2n) is 9.89. The first kappa shape index (κ1) is 22.4. The van der Waals surface area contributed by atoms with Crippen LogP contribution in [-0.2, 0) is 11.3 Å². The number of amides is 1. The third kappa shape index (κ3) is 4.71. The highest BCUT2D eigenvalue weighted by Crippen LogP contribution is 2.28. The molecular weight excluding hydrogens is 412 g/mol. The molecule has 0 unspecified atom stereocenters. The van der Waals surface area contributed by atoms with Gasteiger partial charge in [0.05, 0.1) is 30.4 Å². The Morgan fingerprint density at radius 1 is 1.23 bits per heavy atom. The number of likely N-dealkylation sites (tertiary alicyclic amines) is 2. The van der Waals surface area contributed by atoms with Crippen LogP contribution in [0.5, 0.6) is 0 Å². The van der Waals surface area contributed by atoms with E-state index >= 15 is 0 Å². The summed E-state index contributed by atoms with van der Waals surface area (Å²) in [5, 5.41) is 11.8. The molecule has 2 atom stereocenters. The predicted molar refractivity (Wildman–Crippen MR) is 124 cm³/mol. The Hall–Kier alpha value is -1.77. The molecule has 0 spiro atoms. The number of hydrogen-bond donors (Lipinski definition) is 1. The highest BCUT2D eigenvalue weighted by atomic mass is 32.1. The molecule has 2 fully saturated rings. The molecule has 31 heavy (non-hydrogen) atoms. The van der Waals surface area contributed by atoms with Crippen molar-refractivity contribution in [1.82, 2.24) is 19.4 Å². The van der Waals surface area contributed by atoms with E-state index in [0.29, 0.717) is 49.7 Å². The van der Waals surface area contributed by atoms with Crippen molar-refractivity contribution in [3.8, 4) is 0 Å². The summed E-state index contributed by atoms with van der Waals surface area (Å²) in [5.41, 5.74) is -0.0500. The van der Waals surface area contributed by atoms with E-state index in [1.807, 2.05) is 18.7 Å². The minimum absolute atomic E-state index is 0.0776. The number of nitrogens with zero attached hydrogens (tertiary/aromatic N) is 4. The van der Waals surface area contributed by atoms with Crippen molar-refractivity contribution in [2.75, 3.05) is 32.7 Å². The molecule has 2 saturated heterocycles. The number of carbonyl (C=O) groups is 1. The van der Waals surface area contributed by atoms with Gasteiger partial charge in [0.1, 0.15) is 4.83 Å². The van der Waals surface area contributed by atoms with Crippen LogP contribution in [0, 0.1) is 25.7 Å². The minimum atomic E-state index is -0.953. The maximum Gasteiger partial charge on any atom is 0.262 e. The highest BCUT2D eigenvalue weighted by Gasteiger charge is 2.35. The highest BCUT2D eigenvalue weighted by molar-refractivity contribution is 7.18. The molecule has 4 rings (SSSR count). The van der Waals surface area contributed by atoms with Crippen LogP contribution in [0.4, 0.5) is 0 Å². The molecule has 1 amide bonds. The normalized spacial score (nSPS) is 24.6. The number of thiophene rings is 1. The van der Waals surface area contributed by atoms with Crippen molar-refractivity contribution in [3.05, 3.63) is 27.1 Å². The third-order valence-corrected chi connectivity index (χ3v) is 8.10. The van der Waals surface area contributed by atoms with Gasteiger partial charge in [-0.1, -0.05) is 13.8 Å². The Morgan fingerprint density at radius 2 is 1.87 bits per heavy atom. The topological polar surface area (TPSA) is 78.7 Å². The van der Waals surface area contributed by atoms with Gasteiger partial charge < -0.3 is 10.0 Å². The molecule has 2 aliphatic heterocycles. The molecule has 170 valence electrons.